The highest BCUT2D eigenvalue weighted by Gasteiger charge is 2.36. The zero-order valence-corrected chi connectivity index (χ0v) is 9.29. The van der Waals surface area contributed by atoms with Gasteiger partial charge in [0.05, 0.1) is 7.11 Å². The van der Waals surface area contributed by atoms with Gasteiger partial charge in [-0.2, -0.15) is 0 Å². The number of nitrogens with one attached hydrogen (secondary N) is 1. The number of nitrogens with two attached hydrogens (primary N) is 1. The standard InChI is InChI=1S/C12H18N2O/c1-12(13)8-14-7-11(12)9-4-3-5-10(6-9)15-2/h3-6,11,14H,7-8,13H2,1-2H3/t11-,12+/m1/s1. The molecule has 3 nitrogen and oxygen atoms in total. The van der Waals surface area contributed by atoms with Crippen LogP contribution >= 0.6 is 0 Å². The van der Waals surface area contributed by atoms with Gasteiger partial charge in [0.2, 0.25) is 0 Å². The van der Waals surface area contributed by atoms with Crippen LogP contribution in [0.2, 0.25) is 0 Å². The third-order valence-electron chi connectivity index (χ3n) is 3.15. The normalized spacial score (nSPS) is 30.5. The van der Waals surface area contributed by atoms with Crippen LogP contribution < -0.4 is 15.8 Å². The second kappa shape index (κ2) is 3.83. The molecule has 82 valence electrons. The fourth-order valence-corrected chi connectivity index (χ4v) is 2.20. The van der Waals surface area contributed by atoms with Crippen molar-refractivity contribution in [3.05, 3.63) is 29.8 Å². The highest BCUT2D eigenvalue weighted by molar-refractivity contribution is 5.34. The van der Waals surface area contributed by atoms with Gasteiger partial charge in [-0.15, -0.1) is 0 Å². The van der Waals surface area contributed by atoms with Crippen LogP contribution in [0.4, 0.5) is 0 Å². The molecule has 2 atom stereocenters. The molecule has 0 aliphatic carbocycles. The summed E-state index contributed by atoms with van der Waals surface area (Å²) < 4.78 is 5.22. The minimum atomic E-state index is -0.160. The van der Waals surface area contributed by atoms with E-state index < -0.39 is 0 Å². The molecule has 0 radical (unpaired) electrons. The van der Waals surface area contributed by atoms with Gasteiger partial charge in [-0.1, -0.05) is 12.1 Å². The van der Waals surface area contributed by atoms with Crippen LogP contribution in [-0.4, -0.2) is 25.7 Å². The number of hydrogen-bond donors (Lipinski definition) is 2. The van der Waals surface area contributed by atoms with Crippen molar-refractivity contribution in [1.29, 1.82) is 0 Å². The molecule has 1 aliphatic heterocycles. The topological polar surface area (TPSA) is 47.3 Å². The van der Waals surface area contributed by atoms with Gasteiger partial charge in [0.15, 0.2) is 0 Å². The van der Waals surface area contributed by atoms with Crippen LogP contribution in [-0.2, 0) is 0 Å². The molecule has 3 heteroatoms. The van der Waals surface area contributed by atoms with E-state index in [1.165, 1.54) is 5.56 Å². The minimum absolute atomic E-state index is 0.160. The molecule has 0 bridgehead atoms. The summed E-state index contributed by atoms with van der Waals surface area (Å²) >= 11 is 0. The quantitative estimate of drug-likeness (QED) is 0.761. The summed E-state index contributed by atoms with van der Waals surface area (Å²) in [4.78, 5) is 0. The molecule has 3 N–H and O–H groups in total. The lowest BCUT2D eigenvalue weighted by atomic mass is 9.84. The van der Waals surface area contributed by atoms with E-state index in [-0.39, 0.29) is 5.54 Å². The molecule has 2 rings (SSSR count). The van der Waals surface area contributed by atoms with Crippen molar-refractivity contribution in [1.82, 2.24) is 5.32 Å². The summed E-state index contributed by atoms with van der Waals surface area (Å²) in [6.45, 7) is 3.91. The third kappa shape index (κ3) is 1.98. The molecule has 1 heterocycles. The maximum atomic E-state index is 6.24. The van der Waals surface area contributed by atoms with Gasteiger partial charge >= 0.3 is 0 Å². The van der Waals surface area contributed by atoms with Gasteiger partial charge in [-0.25, -0.2) is 0 Å². The summed E-state index contributed by atoms with van der Waals surface area (Å²) in [6.07, 6.45) is 0. The van der Waals surface area contributed by atoms with E-state index in [9.17, 15) is 0 Å². The van der Waals surface area contributed by atoms with Crippen molar-refractivity contribution in [3.8, 4) is 5.75 Å². The third-order valence-corrected chi connectivity index (χ3v) is 3.15. The lowest BCUT2D eigenvalue weighted by Gasteiger charge is -2.26. The van der Waals surface area contributed by atoms with Crippen LogP contribution in [0.1, 0.15) is 18.4 Å². The monoisotopic (exact) mass is 206 g/mol. The second-order valence-electron chi connectivity index (χ2n) is 4.47. The van der Waals surface area contributed by atoms with E-state index in [2.05, 4.69) is 24.4 Å². The van der Waals surface area contributed by atoms with Crippen LogP contribution in [0, 0.1) is 0 Å². The van der Waals surface area contributed by atoms with E-state index in [0.717, 1.165) is 18.8 Å². The maximum absolute atomic E-state index is 6.24. The Labute approximate surface area is 90.6 Å². The first kappa shape index (κ1) is 10.5. The molecule has 0 spiro atoms. The molecule has 1 aliphatic rings. The van der Waals surface area contributed by atoms with E-state index in [1.54, 1.807) is 7.11 Å². The lowest BCUT2D eigenvalue weighted by Crippen LogP contribution is -2.42. The largest absolute Gasteiger partial charge is 0.497 e. The predicted molar refractivity (Wildman–Crippen MR) is 61.2 cm³/mol. The molecule has 1 aromatic carbocycles. The van der Waals surface area contributed by atoms with E-state index in [4.69, 9.17) is 10.5 Å². The van der Waals surface area contributed by atoms with Crippen molar-refractivity contribution in [2.45, 2.75) is 18.4 Å². The summed E-state index contributed by atoms with van der Waals surface area (Å²) in [6, 6.07) is 8.16. The first-order valence-corrected chi connectivity index (χ1v) is 5.27. The highest BCUT2D eigenvalue weighted by atomic mass is 16.5. The zero-order chi connectivity index (χ0) is 10.9. The molecule has 0 unspecified atom stereocenters. The Morgan fingerprint density at radius 3 is 2.93 bits per heavy atom. The predicted octanol–water partition coefficient (Wildman–Crippen LogP) is 1.10. The van der Waals surface area contributed by atoms with Gasteiger partial charge in [0.1, 0.15) is 5.75 Å². The Hall–Kier alpha value is -1.06. The van der Waals surface area contributed by atoms with E-state index in [1.807, 2.05) is 12.1 Å². The van der Waals surface area contributed by atoms with Crippen LogP contribution in [0.3, 0.4) is 0 Å². The Bertz CT molecular complexity index is 349. The fraction of sp³-hybridized carbons (Fsp3) is 0.500. The number of ether oxygens (including phenoxy) is 1. The molecule has 0 amide bonds. The first-order valence-electron chi connectivity index (χ1n) is 5.27. The second-order valence-corrected chi connectivity index (χ2v) is 4.47. The van der Waals surface area contributed by atoms with Crippen molar-refractivity contribution >= 4 is 0 Å². The van der Waals surface area contributed by atoms with E-state index in [0.29, 0.717) is 5.92 Å². The zero-order valence-electron chi connectivity index (χ0n) is 9.29. The average Bonchev–Trinajstić information content (AvgIpc) is 2.58. The Kier molecular flexibility index (Phi) is 2.67. The van der Waals surface area contributed by atoms with Gasteiger partial charge in [-0.05, 0) is 24.6 Å². The number of benzene rings is 1. The van der Waals surface area contributed by atoms with Crippen LogP contribution in [0.25, 0.3) is 0 Å². The van der Waals surface area contributed by atoms with Crippen molar-refractivity contribution in [2.75, 3.05) is 20.2 Å². The summed E-state index contributed by atoms with van der Waals surface area (Å²) in [5.74, 6) is 1.27. The summed E-state index contributed by atoms with van der Waals surface area (Å²) in [5.41, 5.74) is 7.34. The van der Waals surface area contributed by atoms with Crippen molar-refractivity contribution in [2.24, 2.45) is 5.73 Å². The van der Waals surface area contributed by atoms with Crippen molar-refractivity contribution in [3.63, 3.8) is 0 Å². The van der Waals surface area contributed by atoms with Gasteiger partial charge in [0, 0.05) is 24.5 Å². The molecule has 15 heavy (non-hydrogen) atoms. The van der Waals surface area contributed by atoms with E-state index >= 15 is 0 Å². The molecule has 0 aromatic heterocycles. The average molecular weight is 206 g/mol. The molecule has 1 aromatic rings. The van der Waals surface area contributed by atoms with Gasteiger partial charge in [-0.3, -0.25) is 0 Å². The smallest absolute Gasteiger partial charge is 0.119 e. The Morgan fingerprint density at radius 1 is 1.53 bits per heavy atom. The van der Waals surface area contributed by atoms with Gasteiger partial charge < -0.3 is 15.8 Å². The van der Waals surface area contributed by atoms with Crippen molar-refractivity contribution < 1.29 is 4.74 Å². The maximum Gasteiger partial charge on any atom is 0.119 e. The molecular weight excluding hydrogens is 188 g/mol. The molecular formula is C12H18N2O. The summed E-state index contributed by atoms with van der Waals surface area (Å²) in [5, 5.41) is 3.33. The fourth-order valence-electron chi connectivity index (χ4n) is 2.20. The van der Waals surface area contributed by atoms with Crippen LogP contribution in [0.15, 0.2) is 24.3 Å². The SMILES string of the molecule is COc1cccc([C@H]2CNC[C@]2(C)N)c1. The van der Waals surface area contributed by atoms with Gasteiger partial charge in [0.25, 0.3) is 0 Å². The Balaban J connectivity index is 2.29. The number of methoxy groups -OCH3 is 1. The number of hydrogen-bond acceptors (Lipinski definition) is 3. The summed E-state index contributed by atoms with van der Waals surface area (Å²) in [7, 11) is 1.69. The molecule has 1 fully saturated rings. The molecule has 0 saturated carbocycles. The van der Waals surface area contributed by atoms with Crippen LogP contribution in [0.5, 0.6) is 5.75 Å². The molecule has 1 saturated heterocycles. The first-order chi connectivity index (χ1) is 7.13. The number of rotatable bonds is 2. The lowest BCUT2D eigenvalue weighted by molar-refractivity contribution is 0.411. The Morgan fingerprint density at radius 2 is 2.33 bits per heavy atom. The minimum Gasteiger partial charge on any atom is -0.497 e. The highest BCUT2D eigenvalue weighted by Crippen LogP contribution is 2.31.